The van der Waals surface area contributed by atoms with Crippen LogP contribution in [-0.2, 0) is 25.7 Å². The van der Waals surface area contributed by atoms with Crippen LogP contribution in [0.2, 0.25) is 0 Å². The van der Waals surface area contributed by atoms with Crippen LogP contribution in [0.3, 0.4) is 0 Å². The van der Waals surface area contributed by atoms with E-state index in [9.17, 15) is 18.0 Å². The Morgan fingerprint density at radius 2 is 1.57 bits per heavy atom. The maximum absolute atomic E-state index is 13.3. The minimum Gasteiger partial charge on any atom is -0.299 e. The summed E-state index contributed by atoms with van der Waals surface area (Å²) in [5.41, 5.74) is 7.54. The van der Waals surface area contributed by atoms with Crippen LogP contribution < -0.4 is 0 Å². The second-order valence-electron chi connectivity index (χ2n) is 11.5. The molecule has 7 heteroatoms. The Morgan fingerprint density at radius 1 is 0.875 bits per heavy atom. The molecule has 208 valence electrons. The summed E-state index contributed by atoms with van der Waals surface area (Å²) in [4.78, 5) is 22.2. The number of hydrogen-bond acceptors (Lipinski definition) is 4. The van der Waals surface area contributed by atoms with Crippen LogP contribution in [0.25, 0.3) is 5.57 Å². The molecule has 0 amide bonds. The molecule has 2 aromatic carbocycles. The largest absolute Gasteiger partial charge is 0.416 e. The number of fused-ring (bicyclic) bond motifs is 2. The third-order valence-corrected chi connectivity index (χ3v) is 8.72. The first-order valence-electron chi connectivity index (χ1n) is 14.2. The van der Waals surface area contributed by atoms with E-state index in [0.29, 0.717) is 18.9 Å². The Hall–Kier alpha value is -3.29. The lowest BCUT2D eigenvalue weighted by Crippen LogP contribution is -2.33. The van der Waals surface area contributed by atoms with E-state index in [1.807, 2.05) is 18.5 Å². The number of ketones is 1. The fourth-order valence-corrected chi connectivity index (χ4v) is 6.41. The number of hydrogen-bond donors (Lipinski definition) is 0. The SMILES string of the molecule is O=C(CC1CCN(Cc2ccncc2)CC1)c1ccc2c(c1)C1=C(CCN(Cc3ccc(C(F)(F)F)cc3)C1)C2. The molecule has 0 saturated carbocycles. The van der Waals surface area contributed by atoms with Gasteiger partial charge in [-0.3, -0.25) is 19.6 Å². The summed E-state index contributed by atoms with van der Waals surface area (Å²) >= 11 is 0. The minimum atomic E-state index is -4.32. The predicted molar refractivity (Wildman–Crippen MR) is 150 cm³/mol. The van der Waals surface area contributed by atoms with Crippen LogP contribution in [0.5, 0.6) is 0 Å². The molecule has 0 radical (unpaired) electrons. The molecule has 4 nitrogen and oxygen atoms in total. The molecule has 1 aromatic heterocycles. The molecule has 0 atom stereocenters. The summed E-state index contributed by atoms with van der Waals surface area (Å²) in [7, 11) is 0. The Kier molecular flexibility index (Phi) is 7.60. The smallest absolute Gasteiger partial charge is 0.299 e. The van der Waals surface area contributed by atoms with E-state index >= 15 is 0 Å². The molecule has 1 aliphatic carbocycles. The second-order valence-corrected chi connectivity index (χ2v) is 11.5. The predicted octanol–water partition coefficient (Wildman–Crippen LogP) is 6.80. The average molecular weight is 546 g/mol. The highest BCUT2D eigenvalue weighted by Crippen LogP contribution is 2.39. The van der Waals surface area contributed by atoms with Crippen molar-refractivity contribution in [3.63, 3.8) is 0 Å². The van der Waals surface area contributed by atoms with Gasteiger partial charge in [0, 0.05) is 50.6 Å². The standard InChI is InChI=1S/C33H34F3N3O/c34-33(35,36)29-5-1-24(2-6-29)21-39-16-11-27-18-26-3-4-28(19-30(26)31(27)22-39)32(40)17-23-9-14-38(15-10-23)20-25-7-12-37-13-8-25/h1-8,12-13,19,23H,9-11,14-18,20-22H2. The lowest BCUT2D eigenvalue weighted by molar-refractivity contribution is -0.137. The number of nitrogens with zero attached hydrogens (tertiary/aromatic N) is 3. The highest BCUT2D eigenvalue weighted by atomic mass is 19.4. The van der Waals surface area contributed by atoms with Crippen LogP contribution in [0.15, 0.2) is 72.6 Å². The highest BCUT2D eigenvalue weighted by molar-refractivity contribution is 5.97. The van der Waals surface area contributed by atoms with Gasteiger partial charge in [0.25, 0.3) is 0 Å². The molecule has 0 N–H and O–H groups in total. The maximum Gasteiger partial charge on any atom is 0.416 e. The van der Waals surface area contributed by atoms with Crippen LogP contribution in [0, 0.1) is 5.92 Å². The average Bonchev–Trinajstić information content (AvgIpc) is 3.32. The molecule has 3 aliphatic rings. The highest BCUT2D eigenvalue weighted by Gasteiger charge is 2.31. The molecule has 3 aromatic rings. The van der Waals surface area contributed by atoms with E-state index in [0.717, 1.165) is 81.7 Å². The fraction of sp³-hybridized carbons (Fsp3) is 0.394. The Bertz CT molecular complexity index is 1390. The molecule has 1 fully saturated rings. The number of halogens is 3. The first-order valence-corrected chi connectivity index (χ1v) is 14.2. The van der Waals surface area contributed by atoms with E-state index in [-0.39, 0.29) is 5.78 Å². The van der Waals surface area contributed by atoms with Gasteiger partial charge in [-0.25, -0.2) is 0 Å². The van der Waals surface area contributed by atoms with Gasteiger partial charge in [-0.15, -0.1) is 0 Å². The second kappa shape index (κ2) is 11.3. The van der Waals surface area contributed by atoms with E-state index in [1.54, 1.807) is 12.1 Å². The number of carbonyl (C=O) groups excluding carboxylic acids is 1. The van der Waals surface area contributed by atoms with Gasteiger partial charge in [-0.2, -0.15) is 13.2 Å². The molecule has 0 spiro atoms. The molecule has 2 aliphatic heterocycles. The zero-order valence-corrected chi connectivity index (χ0v) is 22.6. The fourth-order valence-electron chi connectivity index (χ4n) is 6.41. The topological polar surface area (TPSA) is 36.4 Å². The molecule has 1 saturated heterocycles. The van der Waals surface area contributed by atoms with Crippen LogP contribution in [0.4, 0.5) is 13.2 Å². The van der Waals surface area contributed by atoms with E-state index in [4.69, 9.17) is 0 Å². The number of pyridine rings is 1. The van der Waals surface area contributed by atoms with Gasteiger partial charge in [-0.05, 0) is 103 Å². The summed E-state index contributed by atoms with van der Waals surface area (Å²) in [5, 5.41) is 0. The van der Waals surface area contributed by atoms with Crippen molar-refractivity contribution in [1.29, 1.82) is 0 Å². The summed E-state index contributed by atoms with van der Waals surface area (Å²) in [5.74, 6) is 0.639. The number of carbonyl (C=O) groups is 1. The van der Waals surface area contributed by atoms with Crippen LogP contribution in [-0.4, -0.2) is 46.7 Å². The quantitative estimate of drug-likeness (QED) is 0.306. The van der Waals surface area contributed by atoms with Gasteiger partial charge in [0.05, 0.1) is 5.56 Å². The number of rotatable bonds is 7. The Morgan fingerprint density at radius 3 is 2.30 bits per heavy atom. The molecular formula is C33H34F3N3O. The van der Waals surface area contributed by atoms with Gasteiger partial charge in [0.15, 0.2) is 5.78 Å². The maximum atomic E-state index is 13.3. The summed E-state index contributed by atoms with van der Waals surface area (Å²) in [6, 6.07) is 15.8. The van der Waals surface area contributed by atoms with Crippen molar-refractivity contribution < 1.29 is 18.0 Å². The number of aromatic nitrogens is 1. The lowest BCUT2D eigenvalue weighted by atomic mass is 9.88. The van der Waals surface area contributed by atoms with Gasteiger partial charge >= 0.3 is 6.18 Å². The number of Topliss-reactive ketones (excluding diaryl/α,β-unsaturated/α-hetero) is 1. The number of benzene rings is 2. The van der Waals surface area contributed by atoms with Crippen molar-refractivity contribution in [3.8, 4) is 0 Å². The third-order valence-electron chi connectivity index (χ3n) is 8.72. The van der Waals surface area contributed by atoms with E-state index < -0.39 is 11.7 Å². The summed E-state index contributed by atoms with van der Waals surface area (Å²) in [6.45, 7) is 5.21. The number of alkyl halides is 3. The molecule has 0 bridgehead atoms. The first-order chi connectivity index (χ1) is 19.3. The van der Waals surface area contributed by atoms with Crippen LogP contribution in [0.1, 0.15) is 63.9 Å². The molecule has 0 unspecified atom stereocenters. The molecular weight excluding hydrogens is 511 g/mol. The number of piperidine rings is 1. The van der Waals surface area contributed by atoms with E-state index in [1.165, 1.54) is 27.8 Å². The Balaban J connectivity index is 1.06. The van der Waals surface area contributed by atoms with Crippen molar-refractivity contribution in [2.45, 2.75) is 51.4 Å². The summed E-state index contributed by atoms with van der Waals surface area (Å²) in [6.07, 6.45) is 3.90. The lowest BCUT2D eigenvalue weighted by Gasteiger charge is -2.31. The van der Waals surface area contributed by atoms with Crippen LogP contribution >= 0.6 is 0 Å². The number of likely N-dealkylation sites (tertiary alicyclic amines) is 1. The van der Waals surface area contributed by atoms with Crippen molar-refractivity contribution in [1.82, 2.24) is 14.8 Å². The zero-order valence-electron chi connectivity index (χ0n) is 22.6. The van der Waals surface area contributed by atoms with Gasteiger partial charge in [-0.1, -0.05) is 29.8 Å². The van der Waals surface area contributed by atoms with Crippen molar-refractivity contribution in [2.75, 3.05) is 26.2 Å². The molecule has 40 heavy (non-hydrogen) atoms. The van der Waals surface area contributed by atoms with Gasteiger partial charge < -0.3 is 0 Å². The zero-order chi connectivity index (χ0) is 27.7. The van der Waals surface area contributed by atoms with E-state index in [2.05, 4.69) is 39.0 Å². The minimum absolute atomic E-state index is 0.224. The first kappa shape index (κ1) is 26.9. The monoisotopic (exact) mass is 545 g/mol. The molecule has 3 heterocycles. The van der Waals surface area contributed by atoms with Gasteiger partial charge in [0.1, 0.15) is 0 Å². The normalized spacial score (nSPS) is 18.6. The third kappa shape index (κ3) is 6.06. The van der Waals surface area contributed by atoms with Gasteiger partial charge in [0.2, 0.25) is 0 Å². The molecule has 6 rings (SSSR count). The Labute approximate surface area is 233 Å². The van der Waals surface area contributed by atoms with Crippen molar-refractivity contribution in [3.05, 3.63) is 106 Å². The van der Waals surface area contributed by atoms with Crippen molar-refractivity contribution >= 4 is 11.4 Å². The summed E-state index contributed by atoms with van der Waals surface area (Å²) < 4.78 is 38.8. The van der Waals surface area contributed by atoms with Crippen molar-refractivity contribution in [2.24, 2.45) is 5.92 Å².